The molecule has 0 amide bonds. The molecule has 1 fully saturated rings. The van der Waals surface area contributed by atoms with E-state index in [0.29, 0.717) is 19.4 Å². The van der Waals surface area contributed by atoms with Gasteiger partial charge >= 0.3 is 11.9 Å². The first kappa shape index (κ1) is 24.7. The summed E-state index contributed by atoms with van der Waals surface area (Å²) in [7, 11) is 0. The standard InChI is InChI=1S/C24H42O4/c1-2-3-4-5-6-7-8-9-10-11-12-13-14-17-20-28-24(27)22-19-16-15-18-21(22)23(25)26/h5-6,21-22H,2-4,7-20H2,1H3,(H,25,26)/b6-5+. The number of carbonyl (C=O) groups excluding carboxylic acids is 1. The molecule has 0 aromatic carbocycles. The summed E-state index contributed by atoms with van der Waals surface area (Å²) in [4.78, 5) is 23.4. The highest BCUT2D eigenvalue weighted by atomic mass is 16.5. The lowest BCUT2D eigenvalue weighted by atomic mass is 9.79. The molecule has 28 heavy (non-hydrogen) atoms. The topological polar surface area (TPSA) is 63.6 Å². The van der Waals surface area contributed by atoms with E-state index in [1.807, 2.05) is 0 Å². The maximum Gasteiger partial charge on any atom is 0.309 e. The van der Waals surface area contributed by atoms with Gasteiger partial charge in [0.05, 0.1) is 18.4 Å². The molecule has 4 nitrogen and oxygen atoms in total. The number of hydrogen-bond donors (Lipinski definition) is 1. The molecule has 1 rings (SSSR count). The van der Waals surface area contributed by atoms with Gasteiger partial charge in [-0.3, -0.25) is 9.59 Å². The number of ether oxygens (including phenoxy) is 1. The quantitative estimate of drug-likeness (QED) is 0.180. The van der Waals surface area contributed by atoms with Gasteiger partial charge < -0.3 is 9.84 Å². The molecule has 0 aliphatic heterocycles. The zero-order valence-electron chi connectivity index (χ0n) is 18.0. The van der Waals surface area contributed by atoms with Crippen molar-refractivity contribution in [3.8, 4) is 0 Å². The van der Waals surface area contributed by atoms with Crippen molar-refractivity contribution in [3.63, 3.8) is 0 Å². The van der Waals surface area contributed by atoms with Crippen molar-refractivity contribution in [1.82, 2.24) is 0 Å². The van der Waals surface area contributed by atoms with E-state index in [1.165, 1.54) is 64.2 Å². The third-order valence-corrected chi connectivity index (χ3v) is 5.79. The zero-order valence-corrected chi connectivity index (χ0v) is 18.0. The van der Waals surface area contributed by atoms with Gasteiger partial charge in [-0.15, -0.1) is 0 Å². The molecular weight excluding hydrogens is 352 g/mol. The Morgan fingerprint density at radius 2 is 1.36 bits per heavy atom. The zero-order chi connectivity index (χ0) is 20.5. The summed E-state index contributed by atoms with van der Waals surface area (Å²) in [5.41, 5.74) is 0. The average Bonchev–Trinajstić information content (AvgIpc) is 2.70. The molecule has 4 heteroatoms. The lowest BCUT2D eigenvalue weighted by Gasteiger charge is -2.26. The minimum Gasteiger partial charge on any atom is -0.481 e. The largest absolute Gasteiger partial charge is 0.481 e. The minimum absolute atomic E-state index is 0.296. The van der Waals surface area contributed by atoms with E-state index in [4.69, 9.17) is 4.74 Å². The number of unbranched alkanes of at least 4 members (excludes halogenated alkanes) is 10. The van der Waals surface area contributed by atoms with Gasteiger partial charge in [0, 0.05) is 0 Å². The molecule has 1 aliphatic rings. The molecule has 0 heterocycles. The van der Waals surface area contributed by atoms with Crippen LogP contribution in [0, 0.1) is 11.8 Å². The molecule has 1 N–H and O–H groups in total. The predicted molar refractivity (Wildman–Crippen MR) is 114 cm³/mol. The van der Waals surface area contributed by atoms with E-state index in [1.54, 1.807) is 0 Å². The lowest BCUT2D eigenvalue weighted by molar-refractivity contribution is -0.159. The van der Waals surface area contributed by atoms with Gasteiger partial charge in [-0.05, 0) is 38.5 Å². The van der Waals surface area contributed by atoms with Crippen LogP contribution in [0.3, 0.4) is 0 Å². The number of esters is 1. The van der Waals surface area contributed by atoms with Crippen LogP contribution in [0.15, 0.2) is 12.2 Å². The van der Waals surface area contributed by atoms with E-state index < -0.39 is 17.8 Å². The van der Waals surface area contributed by atoms with E-state index in [2.05, 4.69) is 19.1 Å². The molecule has 0 radical (unpaired) electrons. The van der Waals surface area contributed by atoms with Crippen LogP contribution >= 0.6 is 0 Å². The van der Waals surface area contributed by atoms with Crippen LogP contribution in [0.2, 0.25) is 0 Å². The van der Waals surface area contributed by atoms with Crippen molar-refractivity contribution in [2.24, 2.45) is 11.8 Å². The third-order valence-electron chi connectivity index (χ3n) is 5.79. The van der Waals surface area contributed by atoms with Crippen LogP contribution in [-0.4, -0.2) is 23.7 Å². The predicted octanol–water partition coefficient (Wildman–Crippen LogP) is 6.68. The smallest absolute Gasteiger partial charge is 0.309 e. The summed E-state index contributed by atoms with van der Waals surface area (Å²) < 4.78 is 5.36. The molecule has 0 aromatic heterocycles. The van der Waals surface area contributed by atoms with Crippen molar-refractivity contribution in [3.05, 3.63) is 12.2 Å². The highest BCUT2D eigenvalue weighted by molar-refractivity contribution is 5.81. The van der Waals surface area contributed by atoms with E-state index >= 15 is 0 Å². The minimum atomic E-state index is -0.853. The average molecular weight is 395 g/mol. The Morgan fingerprint density at radius 1 is 0.821 bits per heavy atom. The number of allylic oxidation sites excluding steroid dienone is 2. The number of aliphatic carboxylic acids is 1. The van der Waals surface area contributed by atoms with E-state index in [-0.39, 0.29) is 5.97 Å². The Balaban J connectivity index is 1.91. The van der Waals surface area contributed by atoms with Crippen molar-refractivity contribution in [2.75, 3.05) is 6.61 Å². The summed E-state index contributed by atoms with van der Waals surface area (Å²) in [6.07, 6.45) is 22.4. The van der Waals surface area contributed by atoms with E-state index in [0.717, 1.165) is 25.7 Å². The van der Waals surface area contributed by atoms with Gasteiger partial charge in [0.15, 0.2) is 0 Å². The van der Waals surface area contributed by atoms with Gasteiger partial charge in [0.2, 0.25) is 0 Å². The molecular formula is C24H42O4. The van der Waals surface area contributed by atoms with Crippen molar-refractivity contribution >= 4 is 11.9 Å². The lowest BCUT2D eigenvalue weighted by Crippen LogP contribution is -2.33. The second-order valence-electron chi connectivity index (χ2n) is 8.23. The summed E-state index contributed by atoms with van der Waals surface area (Å²) in [6.45, 7) is 2.67. The molecule has 0 spiro atoms. The fourth-order valence-corrected chi connectivity index (χ4v) is 3.97. The number of carboxylic acids is 1. The normalized spacial score (nSPS) is 19.8. The molecule has 2 atom stereocenters. The number of rotatable bonds is 16. The molecule has 1 saturated carbocycles. The Hall–Kier alpha value is -1.32. The van der Waals surface area contributed by atoms with Gasteiger partial charge in [-0.1, -0.05) is 83.3 Å². The summed E-state index contributed by atoms with van der Waals surface area (Å²) >= 11 is 0. The van der Waals surface area contributed by atoms with Crippen LogP contribution in [0.4, 0.5) is 0 Å². The van der Waals surface area contributed by atoms with E-state index in [9.17, 15) is 14.7 Å². The molecule has 0 saturated heterocycles. The molecule has 1 aliphatic carbocycles. The highest BCUT2D eigenvalue weighted by Gasteiger charge is 2.36. The van der Waals surface area contributed by atoms with Gasteiger partial charge in [-0.25, -0.2) is 0 Å². The molecule has 162 valence electrons. The summed E-state index contributed by atoms with van der Waals surface area (Å²) in [6, 6.07) is 0. The van der Waals surface area contributed by atoms with Gasteiger partial charge in [0.25, 0.3) is 0 Å². The number of hydrogen-bond acceptors (Lipinski definition) is 3. The SMILES string of the molecule is CCCC/C=C/CCCCCCCCCCOC(=O)C1CCCCC1C(=O)O. The van der Waals surface area contributed by atoms with Crippen LogP contribution in [0.25, 0.3) is 0 Å². The Labute approximate surface area is 172 Å². The number of carboxylic acid groups (broad SMARTS) is 1. The molecule has 2 unspecified atom stereocenters. The van der Waals surface area contributed by atoms with Gasteiger partial charge in [-0.2, -0.15) is 0 Å². The monoisotopic (exact) mass is 394 g/mol. The fourth-order valence-electron chi connectivity index (χ4n) is 3.97. The molecule has 0 bridgehead atoms. The van der Waals surface area contributed by atoms with Gasteiger partial charge in [0.1, 0.15) is 0 Å². The molecule has 0 aromatic rings. The maximum atomic E-state index is 12.2. The van der Waals surface area contributed by atoms with Crippen LogP contribution in [0.1, 0.15) is 110 Å². The summed E-state index contributed by atoms with van der Waals surface area (Å²) in [5, 5.41) is 9.25. The Kier molecular flexibility index (Phi) is 14.7. The first-order valence-corrected chi connectivity index (χ1v) is 11.7. The van der Waals surface area contributed by atoms with Crippen molar-refractivity contribution in [1.29, 1.82) is 0 Å². The second-order valence-corrected chi connectivity index (χ2v) is 8.23. The van der Waals surface area contributed by atoms with Crippen LogP contribution in [-0.2, 0) is 14.3 Å². The fraction of sp³-hybridized carbons (Fsp3) is 0.833. The van der Waals surface area contributed by atoms with Crippen molar-refractivity contribution < 1.29 is 19.4 Å². The second kappa shape index (κ2) is 16.6. The highest BCUT2D eigenvalue weighted by Crippen LogP contribution is 2.31. The van der Waals surface area contributed by atoms with Crippen LogP contribution in [0.5, 0.6) is 0 Å². The summed E-state index contributed by atoms with van der Waals surface area (Å²) in [5.74, 6) is -2.13. The third kappa shape index (κ3) is 11.5. The Morgan fingerprint density at radius 3 is 1.96 bits per heavy atom. The maximum absolute atomic E-state index is 12.2. The Bertz CT molecular complexity index is 444. The van der Waals surface area contributed by atoms with Crippen molar-refractivity contribution in [2.45, 2.75) is 110 Å². The first-order valence-electron chi connectivity index (χ1n) is 11.7. The number of carbonyl (C=O) groups is 2. The van der Waals surface area contributed by atoms with Crippen LogP contribution < -0.4 is 0 Å². The first-order chi connectivity index (χ1) is 13.7.